The maximum Gasteiger partial charge on any atom is 0.208 e. The molecule has 0 heterocycles. The molecule has 1 atom stereocenters. The van der Waals surface area contributed by atoms with Crippen LogP contribution in [0, 0.1) is 0 Å². The fourth-order valence-electron chi connectivity index (χ4n) is 3.89. The van der Waals surface area contributed by atoms with Crippen LogP contribution in [0.5, 0.6) is 5.75 Å². The second-order valence-corrected chi connectivity index (χ2v) is 8.99. The SMILES string of the molecule is Oc1ccccc1[S+](c1ccccc1)c1ccc(C2CCCCC2)cc1. The van der Waals surface area contributed by atoms with E-state index in [1.165, 1.54) is 47.5 Å². The Morgan fingerprint density at radius 2 is 1.27 bits per heavy atom. The summed E-state index contributed by atoms with van der Waals surface area (Å²) in [5.41, 5.74) is 1.47. The molecule has 3 aromatic rings. The normalized spacial score (nSPS) is 16.3. The lowest BCUT2D eigenvalue weighted by Gasteiger charge is -2.22. The minimum atomic E-state index is -0.289. The molecule has 132 valence electrons. The highest BCUT2D eigenvalue weighted by Gasteiger charge is 2.31. The summed E-state index contributed by atoms with van der Waals surface area (Å²) in [5, 5.41) is 10.5. The summed E-state index contributed by atoms with van der Waals surface area (Å²) < 4.78 is 0. The molecule has 0 aliphatic heterocycles. The van der Waals surface area contributed by atoms with Crippen LogP contribution in [0.1, 0.15) is 43.6 Å². The topological polar surface area (TPSA) is 20.2 Å². The number of para-hydroxylation sites is 1. The van der Waals surface area contributed by atoms with Gasteiger partial charge in [-0.2, -0.15) is 0 Å². The van der Waals surface area contributed by atoms with E-state index in [0.29, 0.717) is 5.75 Å². The monoisotopic (exact) mass is 361 g/mol. The van der Waals surface area contributed by atoms with Gasteiger partial charge in [-0.3, -0.25) is 0 Å². The number of benzene rings is 3. The lowest BCUT2D eigenvalue weighted by molar-refractivity contribution is 0.443. The zero-order valence-electron chi connectivity index (χ0n) is 15.0. The van der Waals surface area contributed by atoms with Crippen molar-refractivity contribution in [1.29, 1.82) is 0 Å². The first kappa shape index (κ1) is 17.2. The molecular weight excluding hydrogens is 336 g/mol. The molecule has 1 unspecified atom stereocenters. The Hall–Kier alpha value is -2.19. The standard InChI is InChI=1S/C24H24OS/c25-23-13-7-8-14-24(23)26(21-11-5-2-6-12-21)22-17-15-20(16-18-22)19-9-3-1-4-10-19/h2,5-8,11-19H,1,3-4,9-10H2/p+1. The van der Waals surface area contributed by atoms with Crippen LogP contribution in [0.2, 0.25) is 0 Å². The largest absolute Gasteiger partial charge is 0.503 e. The summed E-state index contributed by atoms with van der Waals surface area (Å²) in [6.45, 7) is 0. The molecule has 0 saturated heterocycles. The van der Waals surface area contributed by atoms with Crippen molar-refractivity contribution in [3.8, 4) is 5.75 Å². The number of rotatable bonds is 4. The van der Waals surface area contributed by atoms with Crippen LogP contribution in [-0.2, 0) is 10.9 Å². The number of hydrogen-bond acceptors (Lipinski definition) is 1. The Bertz CT molecular complexity index is 836. The van der Waals surface area contributed by atoms with Crippen molar-refractivity contribution in [3.63, 3.8) is 0 Å². The molecule has 4 rings (SSSR count). The number of phenols is 1. The minimum absolute atomic E-state index is 0.289. The van der Waals surface area contributed by atoms with Crippen LogP contribution in [0.15, 0.2) is 93.5 Å². The third-order valence-corrected chi connectivity index (χ3v) is 7.53. The highest BCUT2D eigenvalue weighted by molar-refractivity contribution is 7.97. The van der Waals surface area contributed by atoms with E-state index in [2.05, 4.69) is 48.5 Å². The lowest BCUT2D eigenvalue weighted by atomic mass is 9.84. The van der Waals surface area contributed by atoms with E-state index in [4.69, 9.17) is 0 Å². The molecule has 0 bridgehead atoms. The molecule has 26 heavy (non-hydrogen) atoms. The van der Waals surface area contributed by atoms with Crippen molar-refractivity contribution in [2.24, 2.45) is 0 Å². The Balaban J connectivity index is 1.71. The first-order valence-corrected chi connectivity index (χ1v) is 10.7. The molecule has 1 aliphatic rings. The van der Waals surface area contributed by atoms with Gasteiger partial charge in [0, 0.05) is 0 Å². The molecule has 1 N–H and O–H groups in total. The Kier molecular flexibility index (Phi) is 5.31. The molecule has 1 fully saturated rings. The van der Waals surface area contributed by atoms with Gasteiger partial charge in [0.25, 0.3) is 0 Å². The van der Waals surface area contributed by atoms with Gasteiger partial charge in [0.2, 0.25) is 4.90 Å². The van der Waals surface area contributed by atoms with Gasteiger partial charge in [0.1, 0.15) is 10.9 Å². The third kappa shape index (κ3) is 3.66. The molecule has 0 spiro atoms. The maximum atomic E-state index is 10.5. The Labute approximate surface area is 159 Å². The summed E-state index contributed by atoms with van der Waals surface area (Å²) >= 11 is 0. The van der Waals surface area contributed by atoms with Crippen LogP contribution < -0.4 is 0 Å². The third-order valence-electron chi connectivity index (χ3n) is 5.26. The minimum Gasteiger partial charge on any atom is -0.503 e. The van der Waals surface area contributed by atoms with Crippen LogP contribution >= 0.6 is 0 Å². The van der Waals surface area contributed by atoms with Crippen LogP contribution in [0.25, 0.3) is 0 Å². The van der Waals surface area contributed by atoms with Crippen molar-refractivity contribution < 1.29 is 5.11 Å². The lowest BCUT2D eigenvalue weighted by Crippen LogP contribution is -2.07. The van der Waals surface area contributed by atoms with Gasteiger partial charge in [0.05, 0.1) is 0 Å². The maximum absolute atomic E-state index is 10.5. The van der Waals surface area contributed by atoms with Gasteiger partial charge < -0.3 is 5.11 Å². The Morgan fingerprint density at radius 1 is 0.654 bits per heavy atom. The predicted molar refractivity (Wildman–Crippen MR) is 109 cm³/mol. The molecular formula is C24H25OS+. The van der Waals surface area contributed by atoms with Gasteiger partial charge in [0.15, 0.2) is 15.5 Å². The van der Waals surface area contributed by atoms with Gasteiger partial charge in [-0.25, -0.2) is 0 Å². The smallest absolute Gasteiger partial charge is 0.208 e. The zero-order valence-corrected chi connectivity index (χ0v) is 15.8. The molecule has 1 saturated carbocycles. The summed E-state index contributed by atoms with van der Waals surface area (Å²) in [6.07, 6.45) is 6.75. The van der Waals surface area contributed by atoms with Crippen molar-refractivity contribution in [1.82, 2.24) is 0 Å². The molecule has 1 aliphatic carbocycles. The van der Waals surface area contributed by atoms with E-state index < -0.39 is 0 Å². The second kappa shape index (κ2) is 8.01. The van der Waals surface area contributed by atoms with E-state index in [9.17, 15) is 5.11 Å². The van der Waals surface area contributed by atoms with Crippen LogP contribution in [0.4, 0.5) is 0 Å². The van der Waals surface area contributed by atoms with Crippen LogP contribution in [0.3, 0.4) is 0 Å². The average Bonchev–Trinajstić information content (AvgIpc) is 2.72. The van der Waals surface area contributed by atoms with Gasteiger partial charge in [-0.1, -0.05) is 61.7 Å². The van der Waals surface area contributed by atoms with Crippen molar-refractivity contribution >= 4 is 10.9 Å². The second-order valence-electron chi connectivity index (χ2n) is 6.99. The van der Waals surface area contributed by atoms with Crippen molar-refractivity contribution in [2.45, 2.75) is 52.7 Å². The number of hydrogen-bond donors (Lipinski definition) is 1. The van der Waals surface area contributed by atoms with E-state index in [1.54, 1.807) is 6.07 Å². The van der Waals surface area contributed by atoms with Crippen LogP contribution in [-0.4, -0.2) is 5.11 Å². The Morgan fingerprint density at radius 3 is 1.96 bits per heavy atom. The summed E-state index contributed by atoms with van der Waals surface area (Å²) in [5.74, 6) is 1.09. The number of aromatic hydroxyl groups is 1. The van der Waals surface area contributed by atoms with Gasteiger partial charge in [-0.05, 0) is 60.7 Å². The highest BCUT2D eigenvalue weighted by Crippen LogP contribution is 2.38. The van der Waals surface area contributed by atoms with Gasteiger partial charge >= 0.3 is 0 Å². The van der Waals surface area contributed by atoms with E-state index in [0.717, 1.165) is 10.8 Å². The van der Waals surface area contributed by atoms with Gasteiger partial charge in [-0.15, -0.1) is 0 Å². The summed E-state index contributed by atoms with van der Waals surface area (Å²) in [6, 6.07) is 27.4. The molecule has 3 aromatic carbocycles. The quantitative estimate of drug-likeness (QED) is 0.523. The molecule has 0 amide bonds. The molecule has 0 aromatic heterocycles. The number of phenolic OH excluding ortho intramolecular Hbond substituents is 1. The zero-order chi connectivity index (χ0) is 17.8. The van der Waals surface area contributed by atoms with Crippen molar-refractivity contribution in [2.75, 3.05) is 0 Å². The van der Waals surface area contributed by atoms with Crippen molar-refractivity contribution in [3.05, 3.63) is 84.4 Å². The summed E-state index contributed by atoms with van der Waals surface area (Å²) in [7, 11) is -0.289. The molecule has 1 nitrogen and oxygen atoms in total. The molecule has 2 heteroatoms. The van der Waals surface area contributed by atoms with E-state index in [-0.39, 0.29) is 10.9 Å². The fourth-order valence-corrected chi connectivity index (χ4v) is 6.00. The first-order chi connectivity index (χ1) is 12.8. The average molecular weight is 362 g/mol. The summed E-state index contributed by atoms with van der Waals surface area (Å²) in [4.78, 5) is 3.49. The van der Waals surface area contributed by atoms with E-state index >= 15 is 0 Å². The van der Waals surface area contributed by atoms with E-state index in [1.807, 2.05) is 24.3 Å². The highest BCUT2D eigenvalue weighted by atomic mass is 32.2. The predicted octanol–water partition coefficient (Wildman–Crippen LogP) is 6.54. The first-order valence-electron chi connectivity index (χ1n) is 9.50. The molecule has 0 radical (unpaired) electrons. The fraction of sp³-hybridized carbons (Fsp3) is 0.250.